The van der Waals surface area contributed by atoms with Gasteiger partial charge < -0.3 is 11.1 Å². The molecule has 0 spiro atoms. The summed E-state index contributed by atoms with van der Waals surface area (Å²) in [4.78, 5) is 12.0. The first-order valence-corrected chi connectivity index (χ1v) is 7.03. The average Bonchev–Trinajstić information content (AvgIpc) is 2.21. The minimum absolute atomic E-state index is 0. The van der Waals surface area contributed by atoms with E-state index in [1.54, 1.807) is 0 Å². The number of hydrogen-bond donors (Lipinski definition) is 2. The molecule has 0 saturated heterocycles. The van der Waals surface area contributed by atoms with Gasteiger partial charge in [0.2, 0.25) is 5.91 Å². The smallest absolute Gasteiger partial charge is 0.239 e. The van der Waals surface area contributed by atoms with Crippen LogP contribution in [0.25, 0.3) is 0 Å². The lowest BCUT2D eigenvalue weighted by Gasteiger charge is -2.42. The third-order valence-electron chi connectivity index (χ3n) is 4.11. The minimum atomic E-state index is -0.702. The van der Waals surface area contributed by atoms with Crippen molar-refractivity contribution in [2.45, 2.75) is 71.3 Å². The van der Waals surface area contributed by atoms with Crippen LogP contribution in [0.15, 0.2) is 0 Å². The molecule has 3 N–H and O–H groups in total. The Morgan fingerprint density at radius 1 is 1.33 bits per heavy atom. The van der Waals surface area contributed by atoms with Crippen LogP contribution in [-0.2, 0) is 4.79 Å². The van der Waals surface area contributed by atoms with E-state index in [-0.39, 0.29) is 18.3 Å². The van der Waals surface area contributed by atoms with Gasteiger partial charge in [0.15, 0.2) is 0 Å². The molecule has 0 bridgehead atoms. The molecular weight excluding hydrogens is 248 g/mol. The van der Waals surface area contributed by atoms with E-state index in [0.717, 1.165) is 19.4 Å². The molecule has 1 saturated carbocycles. The standard InChI is InChI=1S/C14H28N2O.ClH/c1-4-7-13(3,15)12(17)16-11-14(8-5-2)9-6-10-14;/h4-11,15H2,1-3H3,(H,16,17);1H. The Morgan fingerprint density at radius 2 is 1.94 bits per heavy atom. The number of carbonyl (C=O) groups excluding carboxylic acids is 1. The highest BCUT2D eigenvalue weighted by molar-refractivity contribution is 5.85. The Balaban J connectivity index is 0.00000289. The molecule has 0 radical (unpaired) electrons. The van der Waals surface area contributed by atoms with E-state index in [0.29, 0.717) is 5.41 Å². The lowest BCUT2D eigenvalue weighted by atomic mass is 9.66. The second kappa shape index (κ2) is 7.34. The van der Waals surface area contributed by atoms with Crippen molar-refractivity contribution in [3.05, 3.63) is 0 Å². The zero-order chi connectivity index (χ0) is 12.9. The topological polar surface area (TPSA) is 55.1 Å². The average molecular weight is 277 g/mol. The molecule has 18 heavy (non-hydrogen) atoms. The van der Waals surface area contributed by atoms with Crippen LogP contribution in [0.2, 0.25) is 0 Å². The van der Waals surface area contributed by atoms with E-state index < -0.39 is 5.54 Å². The van der Waals surface area contributed by atoms with Crippen LogP contribution in [-0.4, -0.2) is 18.0 Å². The first-order chi connectivity index (χ1) is 7.96. The Bertz CT molecular complexity index is 263. The highest BCUT2D eigenvalue weighted by Gasteiger charge is 2.37. The third-order valence-corrected chi connectivity index (χ3v) is 4.11. The minimum Gasteiger partial charge on any atom is -0.354 e. The number of nitrogens with two attached hydrogens (primary N) is 1. The second-order valence-electron chi connectivity index (χ2n) is 5.95. The Labute approximate surface area is 118 Å². The molecule has 4 heteroatoms. The molecule has 0 aliphatic heterocycles. The predicted octanol–water partition coefficient (Wildman–Crippen LogP) is 3.01. The number of carbonyl (C=O) groups is 1. The van der Waals surface area contributed by atoms with Crippen molar-refractivity contribution in [3.8, 4) is 0 Å². The van der Waals surface area contributed by atoms with Crippen LogP contribution in [0.5, 0.6) is 0 Å². The first-order valence-electron chi connectivity index (χ1n) is 7.03. The molecule has 0 heterocycles. The van der Waals surface area contributed by atoms with Crippen molar-refractivity contribution in [1.82, 2.24) is 5.32 Å². The van der Waals surface area contributed by atoms with Crippen molar-refractivity contribution in [2.24, 2.45) is 11.1 Å². The summed E-state index contributed by atoms with van der Waals surface area (Å²) >= 11 is 0. The SMILES string of the molecule is CCCC1(CNC(=O)C(C)(N)CCC)CCC1.Cl. The van der Waals surface area contributed by atoms with Crippen LogP contribution >= 0.6 is 12.4 Å². The number of amides is 1. The highest BCUT2D eigenvalue weighted by Crippen LogP contribution is 2.44. The summed E-state index contributed by atoms with van der Waals surface area (Å²) < 4.78 is 0. The van der Waals surface area contributed by atoms with E-state index >= 15 is 0 Å². The molecule has 1 aliphatic rings. The molecular formula is C14H29ClN2O. The molecule has 0 aromatic rings. The summed E-state index contributed by atoms with van der Waals surface area (Å²) in [6.07, 6.45) is 7.95. The van der Waals surface area contributed by atoms with Gasteiger partial charge in [0.25, 0.3) is 0 Å². The summed E-state index contributed by atoms with van der Waals surface area (Å²) in [7, 11) is 0. The molecule has 1 fully saturated rings. The summed E-state index contributed by atoms with van der Waals surface area (Å²) in [6.45, 7) is 6.92. The van der Waals surface area contributed by atoms with Crippen LogP contribution in [0.3, 0.4) is 0 Å². The molecule has 0 aromatic carbocycles. The maximum Gasteiger partial charge on any atom is 0.239 e. The third kappa shape index (κ3) is 4.43. The highest BCUT2D eigenvalue weighted by atomic mass is 35.5. The largest absolute Gasteiger partial charge is 0.354 e. The molecule has 1 atom stereocenters. The zero-order valence-corrected chi connectivity index (χ0v) is 12.9. The molecule has 0 aromatic heterocycles. The van der Waals surface area contributed by atoms with Crippen molar-refractivity contribution >= 4 is 18.3 Å². The Morgan fingerprint density at radius 3 is 2.33 bits per heavy atom. The monoisotopic (exact) mass is 276 g/mol. The number of hydrogen-bond acceptors (Lipinski definition) is 2. The van der Waals surface area contributed by atoms with E-state index in [9.17, 15) is 4.79 Å². The summed E-state index contributed by atoms with van der Waals surface area (Å²) in [5, 5.41) is 3.07. The van der Waals surface area contributed by atoms with E-state index in [2.05, 4.69) is 19.2 Å². The van der Waals surface area contributed by atoms with Gasteiger partial charge >= 0.3 is 0 Å². The normalized spacial score (nSPS) is 20.2. The van der Waals surface area contributed by atoms with E-state index in [1.165, 1.54) is 32.1 Å². The summed E-state index contributed by atoms with van der Waals surface area (Å²) in [6, 6.07) is 0. The fourth-order valence-electron chi connectivity index (χ4n) is 2.82. The molecule has 108 valence electrons. The lowest BCUT2D eigenvalue weighted by Crippen LogP contribution is -2.54. The lowest BCUT2D eigenvalue weighted by molar-refractivity contribution is -0.127. The van der Waals surface area contributed by atoms with Gasteiger partial charge in [-0.05, 0) is 38.0 Å². The molecule has 3 nitrogen and oxygen atoms in total. The van der Waals surface area contributed by atoms with E-state index in [4.69, 9.17) is 5.73 Å². The second-order valence-corrected chi connectivity index (χ2v) is 5.95. The van der Waals surface area contributed by atoms with Crippen molar-refractivity contribution in [3.63, 3.8) is 0 Å². The number of nitrogens with one attached hydrogen (secondary N) is 1. The Kier molecular flexibility index (Phi) is 7.23. The van der Waals surface area contributed by atoms with E-state index in [1.807, 2.05) is 6.92 Å². The maximum atomic E-state index is 12.0. The van der Waals surface area contributed by atoms with Gasteiger partial charge in [-0.1, -0.05) is 33.1 Å². The van der Waals surface area contributed by atoms with Gasteiger partial charge in [-0.15, -0.1) is 12.4 Å². The molecule has 1 rings (SSSR count). The van der Waals surface area contributed by atoms with Gasteiger partial charge in [-0.3, -0.25) is 4.79 Å². The van der Waals surface area contributed by atoms with Gasteiger partial charge in [0.1, 0.15) is 0 Å². The maximum absolute atomic E-state index is 12.0. The molecule has 1 aliphatic carbocycles. The van der Waals surface area contributed by atoms with Crippen LogP contribution in [0, 0.1) is 5.41 Å². The Hall–Kier alpha value is -0.280. The van der Waals surface area contributed by atoms with Crippen LogP contribution in [0.4, 0.5) is 0 Å². The summed E-state index contributed by atoms with van der Waals surface area (Å²) in [5.41, 5.74) is 5.70. The first kappa shape index (κ1) is 17.7. The van der Waals surface area contributed by atoms with Crippen molar-refractivity contribution in [2.75, 3.05) is 6.54 Å². The number of rotatable bonds is 7. The fraction of sp³-hybridized carbons (Fsp3) is 0.929. The molecule has 1 unspecified atom stereocenters. The van der Waals surface area contributed by atoms with Gasteiger partial charge in [-0.2, -0.15) is 0 Å². The molecule has 1 amide bonds. The van der Waals surface area contributed by atoms with Gasteiger partial charge in [0, 0.05) is 6.54 Å². The predicted molar refractivity (Wildman–Crippen MR) is 79.0 cm³/mol. The van der Waals surface area contributed by atoms with Gasteiger partial charge in [0.05, 0.1) is 5.54 Å². The summed E-state index contributed by atoms with van der Waals surface area (Å²) in [5.74, 6) is 0.0155. The fourth-order valence-corrected chi connectivity index (χ4v) is 2.82. The van der Waals surface area contributed by atoms with Gasteiger partial charge in [-0.25, -0.2) is 0 Å². The zero-order valence-electron chi connectivity index (χ0n) is 12.1. The quantitative estimate of drug-likeness (QED) is 0.751. The van der Waals surface area contributed by atoms with Crippen LogP contribution < -0.4 is 11.1 Å². The van der Waals surface area contributed by atoms with Crippen molar-refractivity contribution in [1.29, 1.82) is 0 Å². The van der Waals surface area contributed by atoms with Crippen molar-refractivity contribution < 1.29 is 4.79 Å². The number of halogens is 1. The van der Waals surface area contributed by atoms with Crippen LogP contribution in [0.1, 0.15) is 65.7 Å².